The number of piperidine rings is 1. The molecule has 2 heterocycles. The van der Waals surface area contributed by atoms with Crippen LogP contribution >= 0.6 is 0 Å². The van der Waals surface area contributed by atoms with Crippen LogP contribution in [0.2, 0.25) is 0 Å². The highest BCUT2D eigenvalue weighted by atomic mass is 16.5. The van der Waals surface area contributed by atoms with Gasteiger partial charge >= 0.3 is 0 Å². The Hall–Kier alpha value is -2.30. The molecule has 1 atom stereocenters. The van der Waals surface area contributed by atoms with Crippen molar-refractivity contribution in [2.75, 3.05) is 19.8 Å². The van der Waals surface area contributed by atoms with Gasteiger partial charge in [-0.15, -0.1) is 0 Å². The fourth-order valence-electron chi connectivity index (χ4n) is 4.38. The number of nitrogens with zero attached hydrogens (tertiary/aromatic N) is 1. The van der Waals surface area contributed by atoms with Gasteiger partial charge in [-0.1, -0.05) is 57.4 Å². The number of aromatic nitrogens is 1. The molecule has 3 N–H and O–H groups in total. The van der Waals surface area contributed by atoms with Gasteiger partial charge in [0.2, 0.25) is 0 Å². The van der Waals surface area contributed by atoms with Gasteiger partial charge in [0.1, 0.15) is 0 Å². The first-order valence-electron chi connectivity index (χ1n) is 10.8. The number of aryl methyl sites for hydroxylation is 1. The highest BCUT2D eigenvalue weighted by molar-refractivity contribution is 5.87. The van der Waals surface area contributed by atoms with E-state index < -0.39 is 0 Å². The fraction of sp³-hybridized carbons (Fsp3) is 0.440. The Kier molecular flexibility index (Phi) is 7.34. The van der Waals surface area contributed by atoms with Gasteiger partial charge in [0.25, 0.3) is 0 Å². The van der Waals surface area contributed by atoms with E-state index in [-0.39, 0.29) is 6.04 Å². The highest BCUT2D eigenvalue weighted by Gasteiger charge is 2.23. The molecule has 29 heavy (non-hydrogen) atoms. The van der Waals surface area contributed by atoms with Gasteiger partial charge in [-0.05, 0) is 37.7 Å². The Labute approximate surface area is 174 Å². The Morgan fingerprint density at radius 2 is 1.83 bits per heavy atom. The molecule has 156 valence electrons. The summed E-state index contributed by atoms with van der Waals surface area (Å²) in [4.78, 5) is 0. The van der Waals surface area contributed by atoms with Gasteiger partial charge in [0, 0.05) is 46.0 Å². The van der Waals surface area contributed by atoms with Crippen LogP contribution in [0.3, 0.4) is 0 Å². The molecule has 1 unspecified atom stereocenters. The second-order valence-corrected chi connectivity index (χ2v) is 7.98. The second kappa shape index (κ2) is 9.95. The summed E-state index contributed by atoms with van der Waals surface area (Å²) in [7, 11) is 0. The third-order valence-corrected chi connectivity index (χ3v) is 5.85. The van der Waals surface area contributed by atoms with E-state index in [9.17, 15) is 0 Å². The van der Waals surface area contributed by atoms with Crippen LogP contribution < -0.4 is 21.7 Å². The van der Waals surface area contributed by atoms with Crippen molar-refractivity contribution < 1.29 is 4.74 Å². The van der Waals surface area contributed by atoms with Crippen molar-refractivity contribution in [2.45, 2.75) is 51.0 Å². The molecule has 4 heteroatoms. The first-order chi connectivity index (χ1) is 14.0. The van der Waals surface area contributed by atoms with Crippen LogP contribution in [-0.4, -0.2) is 24.3 Å². The van der Waals surface area contributed by atoms with Crippen molar-refractivity contribution in [1.29, 1.82) is 0 Å². The molecule has 2 aromatic rings. The Bertz CT molecular complexity index is 972. The van der Waals surface area contributed by atoms with E-state index in [0.29, 0.717) is 13.2 Å². The van der Waals surface area contributed by atoms with E-state index in [0.717, 1.165) is 54.4 Å². The molecule has 1 aliphatic heterocycles. The van der Waals surface area contributed by atoms with Crippen molar-refractivity contribution in [2.24, 2.45) is 5.73 Å². The summed E-state index contributed by atoms with van der Waals surface area (Å²) in [6.07, 6.45) is 7.66. The maximum absolute atomic E-state index is 5.45. The molecule has 3 rings (SSSR count). The first-order valence-corrected chi connectivity index (χ1v) is 10.8. The second-order valence-electron chi connectivity index (χ2n) is 7.98. The molecule has 4 nitrogen and oxygen atoms in total. The molecule has 0 aliphatic carbocycles. The van der Waals surface area contributed by atoms with Gasteiger partial charge < -0.3 is 20.4 Å². The Morgan fingerprint density at radius 3 is 2.59 bits per heavy atom. The third-order valence-electron chi connectivity index (χ3n) is 5.85. The lowest BCUT2D eigenvalue weighted by atomic mass is 10.0. The van der Waals surface area contributed by atoms with E-state index >= 15 is 0 Å². The number of ether oxygens (including phenoxy) is 1. The van der Waals surface area contributed by atoms with Crippen LogP contribution in [0.25, 0.3) is 23.9 Å². The SMILES string of the molecule is C=C1CCC(n2c(=C)c3cccc(CCCCCCOCCN)c3c2=C)C(=C)N1. The van der Waals surface area contributed by atoms with Crippen molar-refractivity contribution >= 4 is 23.9 Å². The predicted molar refractivity (Wildman–Crippen MR) is 124 cm³/mol. The monoisotopic (exact) mass is 393 g/mol. The van der Waals surface area contributed by atoms with E-state index in [4.69, 9.17) is 10.5 Å². The standard InChI is InChI=1S/C25H35N3O/c1-18-13-14-24(19(2)27-18)28-20(3)23-12-9-11-22(25(23)21(28)4)10-7-5-6-8-16-29-17-15-26/h9,11-12,24,27H,1-8,10,13-17,26H2. The lowest BCUT2D eigenvalue weighted by Crippen LogP contribution is -2.36. The zero-order valence-electron chi connectivity index (χ0n) is 17.6. The van der Waals surface area contributed by atoms with E-state index in [2.05, 4.69) is 54.4 Å². The summed E-state index contributed by atoms with van der Waals surface area (Å²) in [5.74, 6) is 0. The fourth-order valence-corrected chi connectivity index (χ4v) is 4.38. The van der Waals surface area contributed by atoms with Gasteiger partial charge in [-0.2, -0.15) is 0 Å². The lowest BCUT2D eigenvalue weighted by Gasteiger charge is -2.29. The number of hydrogen-bond acceptors (Lipinski definition) is 3. The number of allylic oxidation sites excluding steroid dienone is 2. The minimum atomic E-state index is 0.175. The summed E-state index contributed by atoms with van der Waals surface area (Å²) in [6, 6.07) is 6.72. The minimum absolute atomic E-state index is 0.175. The molecule has 0 amide bonds. The topological polar surface area (TPSA) is 52.2 Å². The number of benzene rings is 1. The van der Waals surface area contributed by atoms with Gasteiger partial charge in [0.05, 0.1) is 12.6 Å². The number of nitrogens with one attached hydrogen (secondary N) is 1. The van der Waals surface area contributed by atoms with Gasteiger partial charge in [0.15, 0.2) is 0 Å². The molecule has 1 saturated heterocycles. The number of hydrogen-bond donors (Lipinski definition) is 2. The molecule has 0 spiro atoms. The summed E-state index contributed by atoms with van der Waals surface area (Å²) < 4.78 is 7.72. The molecule has 0 bridgehead atoms. The molecule has 1 aromatic carbocycles. The summed E-state index contributed by atoms with van der Waals surface area (Å²) in [5, 5.41) is 7.88. The smallest absolute Gasteiger partial charge is 0.0738 e. The Morgan fingerprint density at radius 1 is 1.03 bits per heavy atom. The van der Waals surface area contributed by atoms with Crippen molar-refractivity contribution in [3.63, 3.8) is 0 Å². The van der Waals surface area contributed by atoms with Crippen LogP contribution in [0, 0.1) is 0 Å². The molecular weight excluding hydrogens is 358 g/mol. The summed E-state index contributed by atoms with van der Waals surface area (Å²) in [6.45, 7) is 19.2. The van der Waals surface area contributed by atoms with Crippen LogP contribution in [0.1, 0.15) is 50.1 Å². The highest BCUT2D eigenvalue weighted by Crippen LogP contribution is 2.27. The maximum atomic E-state index is 5.45. The summed E-state index contributed by atoms with van der Waals surface area (Å²) >= 11 is 0. The number of unbranched alkanes of at least 4 members (excludes halogenated alkanes) is 3. The van der Waals surface area contributed by atoms with Crippen molar-refractivity contribution in [1.82, 2.24) is 9.88 Å². The first kappa shape index (κ1) is 21.4. The minimum Gasteiger partial charge on any atom is -0.380 e. The molecule has 0 radical (unpaired) electrons. The average Bonchev–Trinajstić information content (AvgIpc) is 2.95. The maximum Gasteiger partial charge on any atom is 0.0738 e. The van der Waals surface area contributed by atoms with Crippen LogP contribution in [0.15, 0.2) is 42.8 Å². The largest absolute Gasteiger partial charge is 0.380 e. The summed E-state index contributed by atoms with van der Waals surface area (Å²) in [5.41, 5.74) is 8.82. The quantitative estimate of drug-likeness (QED) is 0.608. The predicted octanol–water partition coefficient (Wildman–Crippen LogP) is 3.49. The average molecular weight is 394 g/mol. The molecular formula is C25H35N3O. The van der Waals surface area contributed by atoms with Crippen molar-refractivity contribution in [3.8, 4) is 0 Å². The van der Waals surface area contributed by atoms with E-state index in [1.165, 1.54) is 35.6 Å². The molecule has 0 saturated carbocycles. The number of nitrogens with two attached hydrogens (primary N) is 1. The zero-order chi connectivity index (χ0) is 20.8. The number of rotatable bonds is 10. The third kappa shape index (κ3) is 4.82. The molecule has 1 aliphatic rings. The van der Waals surface area contributed by atoms with Gasteiger partial charge in [-0.3, -0.25) is 0 Å². The van der Waals surface area contributed by atoms with Crippen LogP contribution in [0.4, 0.5) is 0 Å². The van der Waals surface area contributed by atoms with E-state index in [1.54, 1.807) is 0 Å². The Balaban J connectivity index is 1.72. The lowest BCUT2D eigenvalue weighted by molar-refractivity contribution is 0.137. The van der Waals surface area contributed by atoms with E-state index in [1.807, 2.05) is 0 Å². The molecule has 1 fully saturated rings. The van der Waals surface area contributed by atoms with Gasteiger partial charge in [-0.25, -0.2) is 0 Å². The van der Waals surface area contributed by atoms with Crippen LogP contribution in [0.5, 0.6) is 0 Å². The zero-order valence-corrected chi connectivity index (χ0v) is 17.6. The number of fused-ring (bicyclic) bond motifs is 1. The van der Waals surface area contributed by atoms with Crippen LogP contribution in [-0.2, 0) is 11.2 Å². The van der Waals surface area contributed by atoms with Crippen molar-refractivity contribution in [3.05, 3.63) is 59.0 Å². The normalized spacial score (nSPS) is 17.1. The molecule has 1 aromatic heterocycles.